The van der Waals surface area contributed by atoms with Crippen molar-refractivity contribution >= 4 is 46.6 Å². The van der Waals surface area contributed by atoms with Gasteiger partial charge in [0.25, 0.3) is 0 Å². The van der Waals surface area contributed by atoms with E-state index in [4.69, 9.17) is 44.3 Å². The first kappa shape index (κ1) is 31.2. The number of nitrogens with one attached hydrogen (secondary N) is 1. The average Bonchev–Trinajstić information content (AvgIpc) is 2.99. The molecule has 1 atom stereocenters. The Kier molecular flexibility index (Phi) is 11.1. The largest absolute Gasteiger partial charge is 0.493 e. The second kappa shape index (κ2) is 15.0. The van der Waals surface area contributed by atoms with E-state index in [1.807, 2.05) is 48.5 Å². The van der Waals surface area contributed by atoms with Crippen molar-refractivity contribution in [3.05, 3.63) is 128 Å². The minimum Gasteiger partial charge on any atom is -0.493 e. The van der Waals surface area contributed by atoms with Crippen LogP contribution in [0.4, 0.5) is 0 Å². The molecular weight excluding hydrogens is 595 g/mol. The summed E-state index contributed by atoms with van der Waals surface area (Å²) in [6.45, 7) is 0.384. The average molecular weight is 626 g/mol. The summed E-state index contributed by atoms with van der Waals surface area (Å²) < 4.78 is 10.8. The summed E-state index contributed by atoms with van der Waals surface area (Å²) in [5.41, 5.74) is 3.20. The number of halogens is 3. The monoisotopic (exact) mass is 624 g/mol. The van der Waals surface area contributed by atoms with Crippen LogP contribution in [0.25, 0.3) is 0 Å². The van der Waals surface area contributed by atoms with Crippen molar-refractivity contribution in [2.75, 3.05) is 14.2 Å². The zero-order valence-corrected chi connectivity index (χ0v) is 25.5. The molecule has 0 aliphatic carbocycles. The Morgan fingerprint density at radius 1 is 0.762 bits per heavy atom. The van der Waals surface area contributed by atoms with E-state index in [1.54, 1.807) is 61.6 Å². The molecule has 0 aliphatic rings. The van der Waals surface area contributed by atoms with Crippen molar-refractivity contribution in [3.8, 4) is 11.5 Å². The maximum absolute atomic E-state index is 14.1. The Balaban J connectivity index is 1.67. The highest BCUT2D eigenvalue weighted by atomic mass is 35.5. The molecule has 218 valence electrons. The van der Waals surface area contributed by atoms with E-state index in [0.717, 1.165) is 16.7 Å². The fraction of sp³-hybridized carbons (Fsp3) is 0.212. The molecule has 0 saturated carbocycles. The summed E-state index contributed by atoms with van der Waals surface area (Å²) in [7, 11) is 3.10. The minimum atomic E-state index is -0.818. The van der Waals surface area contributed by atoms with Crippen LogP contribution in [0.5, 0.6) is 11.5 Å². The van der Waals surface area contributed by atoms with E-state index in [2.05, 4.69) is 5.32 Å². The lowest BCUT2D eigenvalue weighted by Crippen LogP contribution is -2.50. The van der Waals surface area contributed by atoms with Gasteiger partial charge >= 0.3 is 0 Å². The Morgan fingerprint density at radius 3 is 2.10 bits per heavy atom. The number of hydrogen-bond acceptors (Lipinski definition) is 4. The van der Waals surface area contributed by atoms with E-state index in [0.29, 0.717) is 38.6 Å². The van der Waals surface area contributed by atoms with Crippen LogP contribution >= 0.6 is 34.8 Å². The van der Waals surface area contributed by atoms with Gasteiger partial charge < -0.3 is 19.7 Å². The fourth-order valence-electron chi connectivity index (χ4n) is 4.57. The summed E-state index contributed by atoms with van der Waals surface area (Å²) in [5, 5.41) is 4.53. The Morgan fingerprint density at radius 2 is 1.43 bits per heavy atom. The van der Waals surface area contributed by atoms with Crippen LogP contribution in [-0.2, 0) is 35.5 Å². The van der Waals surface area contributed by atoms with Crippen LogP contribution in [-0.4, -0.2) is 37.0 Å². The maximum atomic E-state index is 14.1. The first-order valence-electron chi connectivity index (χ1n) is 13.3. The second-order valence-electron chi connectivity index (χ2n) is 9.67. The van der Waals surface area contributed by atoms with Crippen molar-refractivity contribution < 1.29 is 19.1 Å². The zero-order chi connectivity index (χ0) is 30.1. The smallest absolute Gasteiger partial charge is 0.243 e. The molecule has 42 heavy (non-hydrogen) atoms. The maximum Gasteiger partial charge on any atom is 0.243 e. The zero-order valence-electron chi connectivity index (χ0n) is 23.3. The molecule has 0 radical (unpaired) electrons. The molecule has 0 aromatic heterocycles. The van der Waals surface area contributed by atoms with Crippen LogP contribution in [0.3, 0.4) is 0 Å². The molecule has 4 rings (SSSR count). The van der Waals surface area contributed by atoms with E-state index < -0.39 is 6.04 Å². The highest BCUT2D eigenvalue weighted by Gasteiger charge is 2.30. The summed E-state index contributed by atoms with van der Waals surface area (Å²) in [5.74, 6) is 0.552. The number of rotatable bonds is 12. The van der Waals surface area contributed by atoms with Gasteiger partial charge in [0.1, 0.15) is 6.04 Å². The molecule has 0 fully saturated rings. The van der Waals surface area contributed by atoms with Crippen molar-refractivity contribution in [2.24, 2.45) is 0 Å². The SMILES string of the molecule is COc1ccc(CC(=O)N(Cc2ccc(Cl)cc2)[C@@H](Cc2ccccc2)C(=O)NCc2ccc(Cl)cc2Cl)cc1OC. The van der Waals surface area contributed by atoms with Gasteiger partial charge in [-0.2, -0.15) is 0 Å². The highest BCUT2D eigenvalue weighted by molar-refractivity contribution is 6.35. The number of nitrogens with zero attached hydrogens (tertiary/aromatic N) is 1. The lowest BCUT2D eigenvalue weighted by molar-refractivity contribution is -0.140. The van der Waals surface area contributed by atoms with Gasteiger partial charge in [-0.05, 0) is 58.7 Å². The molecule has 0 spiro atoms. The molecule has 9 heteroatoms. The van der Waals surface area contributed by atoms with Crippen LogP contribution in [0.15, 0.2) is 91.0 Å². The Hall–Kier alpha value is -3.71. The van der Waals surface area contributed by atoms with Crippen LogP contribution in [0.1, 0.15) is 22.3 Å². The molecule has 0 heterocycles. The molecule has 0 saturated heterocycles. The molecular formula is C33H31Cl3N2O4. The molecule has 2 amide bonds. The number of amides is 2. The van der Waals surface area contributed by atoms with Crippen molar-refractivity contribution in [1.29, 1.82) is 0 Å². The number of benzene rings is 4. The third-order valence-corrected chi connectivity index (χ3v) is 7.65. The van der Waals surface area contributed by atoms with Gasteiger partial charge in [0.2, 0.25) is 11.8 Å². The quantitative estimate of drug-likeness (QED) is 0.181. The number of methoxy groups -OCH3 is 2. The topological polar surface area (TPSA) is 67.9 Å². The summed E-state index contributed by atoms with van der Waals surface area (Å²) in [6, 6.07) is 26.5. The Labute approximate surface area is 261 Å². The van der Waals surface area contributed by atoms with Gasteiger partial charge in [-0.15, -0.1) is 0 Å². The van der Waals surface area contributed by atoms with E-state index in [-0.39, 0.29) is 31.3 Å². The first-order valence-corrected chi connectivity index (χ1v) is 14.4. The third-order valence-electron chi connectivity index (χ3n) is 6.81. The normalized spacial score (nSPS) is 11.5. The molecule has 4 aromatic rings. The van der Waals surface area contributed by atoms with E-state index in [9.17, 15) is 9.59 Å². The summed E-state index contributed by atoms with van der Waals surface area (Å²) in [6.07, 6.45) is 0.363. The van der Waals surface area contributed by atoms with Crippen molar-refractivity contribution in [2.45, 2.75) is 32.0 Å². The first-order chi connectivity index (χ1) is 20.3. The lowest BCUT2D eigenvalue weighted by atomic mass is 10.0. The van der Waals surface area contributed by atoms with Gasteiger partial charge in [-0.1, -0.05) is 89.4 Å². The standard InChI is InChI=1S/C33H31Cl3N2O4/c1-41-30-15-10-24(17-31(30)42-2)18-32(39)38(21-23-8-12-26(34)13-9-23)29(16-22-6-4-3-5-7-22)33(40)37-20-25-11-14-27(35)19-28(25)36/h3-15,17,19,29H,16,18,20-21H2,1-2H3,(H,37,40)/t29-/m0/s1. The number of hydrogen-bond donors (Lipinski definition) is 1. The predicted molar refractivity (Wildman–Crippen MR) is 167 cm³/mol. The van der Waals surface area contributed by atoms with E-state index in [1.165, 1.54) is 0 Å². The van der Waals surface area contributed by atoms with E-state index >= 15 is 0 Å². The predicted octanol–water partition coefficient (Wildman–Crippen LogP) is 7.16. The van der Waals surface area contributed by atoms with Gasteiger partial charge in [-0.3, -0.25) is 9.59 Å². The Bertz CT molecular complexity index is 1510. The number of carbonyl (C=O) groups excluding carboxylic acids is 2. The lowest BCUT2D eigenvalue weighted by Gasteiger charge is -2.32. The van der Waals surface area contributed by atoms with Crippen LogP contribution in [0, 0.1) is 0 Å². The minimum absolute atomic E-state index is 0.0511. The van der Waals surface area contributed by atoms with Gasteiger partial charge in [-0.25, -0.2) is 0 Å². The van der Waals surface area contributed by atoms with Crippen LogP contribution < -0.4 is 14.8 Å². The van der Waals surface area contributed by atoms with Gasteiger partial charge in [0, 0.05) is 34.6 Å². The molecule has 0 bridgehead atoms. The molecule has 4 aromatic carbocycles. The van der Waals surface area contributed by atoms with Gasteiger partial charge in [0.05, 0.1) is 20.6 Å². The highest BCUT2D eigenvalue weighted by Crippen LogP contribution is 2.28. The van der Waals surface area contributed by atoms with Crippen molar-refractivity contribution in [3.63, 3.8) is 0 Å². The molecule has 0 aliphatic heterocycles. The van der Waals surface area contributed by atoms with Crippen LogP contribution in [0.2, 0.25) is 15.1 Å². The second-order valence-corrected chi connectivity index (χ2v) is 11.0. The molecule has 6 nitrogen and oxygen atoms in total. The number of carbonyl (C=O) groups is 2. The number of ether oxygens (including phenoxy) is 2. The van der Waals surface area contributed by atoms with Crippen molar-refractivity contribution in [1.82, 2.24) is 10.2 Å². The van der Waals surface area contributed by atoms with Gasteiger partial charge in [0.15, 0.2) is 11.5 Å². The fourth-order valence-corrected chi connectivity index (χ4v) is 5.17. The molecule has 0 unspecified atom stereocenters. The summed E-state index contributed by atoms with van der Waals surface area (Å²) in [4.78, 5) is 29.6. The third kappa shape index (κ3) is 8.41. The molecule has 1 N–H and O–H groups in total. The summed E-state index contributed by atoms with van der Waals surface area (Å²) >= 11 is 18.5.